The van der Waals surface area contributed by atoms with E-state index in [2.05, 4.69) is 5.32 Å². The van der Waals surface area contributed by atoms with Crippen molar-refractivity contribution in [2.24, 2.45) is 5.92 Å². The van der Waals surface area contributed by atoms with Gasteiger partial charge in [0.2, 0.25) is 0 Å². The Balaban J connectivity index is 1.76. The smallest absolute Gasteiger partial charge is 0.308 e. The maximum absolute atomic E-state index is 11.8. The SMILES string of the molecule is CCOC(=O)C1CCCC(NC2CCC(O)CC2)C1. The number of hydrogen-bond donors (Lipinski definition) is 2. The highest BCUT2D eigenvalue weighted by Gasteiger charge is 2.30. The molecule has 0 heterocycles. The van der Waals surface area contributed by atoms with E-state index in [9.17, 15) is 9.90 Å². The minimum absolute atomic E-state index is 0.0203. The molecule has 2 rings (SSSR count). The topological polar surface area (TPSA) is 58.6 Å². The van der Waals surface area contributed by atoms with E-state index in [1.54, 1.807) is 0 Å². The lowest BCUT2D eigenvalue weighted by Crippen LogP contribution is -2.44. The Morgan fingerprint density at radius 2 is 1.89 bits per heavy atom. The first-order valence-corrected chi connectivity index (χ1v) is 7.79. The Hall–Kier alpha value is -0.610. The number of ether oxygens (including phenoxy) is 1. The van der Waals surface area contributed by atoms with Gasteiger partial charge in [0, 0.05) is 12.1 Å². The molecule has 0 saturated heterocycles. The van der Waals surface area contributed by atoms with Gasteiger partial charge in [-0.1, -0.05) is 6.42 Å². The molecule has 4 heteroatoms. The van der Waals surface area contributed by atoms with Crippen molar-refractivity contribution in [3.63, 3.8) is 0 Å². The number of nitrogens with one attached hydrogen (secondary N) is 1. The van der Waals surface area contributed by atoms with Crippen LogP contribution in [-0.4, -0.2) is 35.9 Å². The fourth-order valence-corrected chi connectivity index (χ4v) is 3.39. The lowest BCUT2D eigenvalue weighted by molar-refractivity contribution is -0.149. The predicted octanol–water partition coefficient (Wildman–Crippen LogP) is 2.00. The molecule has 2 saturated carbocycles. The quantitative estimate of drug-likeness (QED) is 0.766. The Bertz CT molecular complexity index is 287. The van der Waals surface area contributed by atoms with Crippen molar-refractivity contribution in [1.29, 1.82) is 0 Å². The molecule has 0 spiro atoms. The Labute approximate surface area is 115 Å². The molecule has 0 aromatic carbocycles. The normalized spacial score (nSPS) is 35.9. The summed E-state index contributed by atoms with van der Waals surface area (Å²) in [6, 6.07) is 0.970. The highest BCUT2D eigenvalue weighted by Crippen LogP contribution is 2.27. The molecule has 4 nitrogen and oxygen atoms in total. The van der Waals surface area contributed by atoms with Crippen molar-refractivity contribution in [2.75, 3.05) is 6.61 Å². The average molecular weight is 269 g/mol. The second-order valence-electron chi connectivity index (χ2n) is 5.98. The number of rotatable bonds is 4. The summed E-state index contributed by atoms with van der Waals surface area (Å²) in [4.78, 5) is 11.8. The van der Waals surface area contributed by atoms with Gasteiger partial charge in [0.1, 0.15) is 0 Å². The zero-order valence-corrected chi connectivity index (χ0v) is 11.9. The van der Waals surface area contributed by atoms with Crippen LogP contribution >= 0.6 is 0 Å². The molecule has 0 aromatic rings. The van der Waals surface area contributed by atoms with Gasteiger partial charge in [-0.05, 0) is 51.9 Å². The highest BCUT2D eigenvalue weighted by atomic mass is 16.5. The third-order valence-corrected chi connectivity index (χ3v) is 4.46. The molecule has 0 bridgehead atoms. The van der Waals surface area contributed by atoms with E-state index >= 15 is 0 Å². The number of esters is 1. The fourth-order valence-electron chi connectivity index (χ4n) is 3.39. The van der Waals surface area contributed by atoms with Gasteiger partial charge in [0.05, 0.1) is 18.6 Å². The molecule has 0 radical (unpaired) electrons. The monoisotopic (exact) mass is 269 g/mol. The Morgan fingerprint density at radius 3 is 2.58 bits per heavy atom. The van der Waals surface area contributed by atoms with E-state index < -0.39 is 0 Å². The minimum Gasteiger partial charge on any atom is -0.466 e. The van der Waals surface area contributed by atoms with Crippen LogP contribution in [0.3, 0.4) is 0 Å². The van der Waals surface area contributed by atoms with Crippen molar-refractivity contribution < 1.29 is 14.6 Å². The summed E-state index contributed by atoms with van der Waals surface area (Å²) in [5.41, 5.74) is 0. The predicted molar refractivity (Wildman–Crippen MR) is 73.8 cm³/mol. The van der Waals surface area contributed by atoms with Crippen molar-refractivity contribution in [1.82, 2.24) is 5.32 Å². The summed E-state index contributed by atoms with van der Waals surface area (Å²) in [5, 5.41) is 13.2. The van der Waals surface area contributed by atoms with E-state index in [-0.39, 0.29) is 18.0 Å². The minimum atomic E-state index is -0.100. The molecule has 2 unspecified atom stereocenters. The van der Waals surface area contributed by atoms with Crippen LogP contribution in [0, 0.1) is 5.92 Å². The first-order chi connectivity index (χ1) is 9.19. The van der Waals surface area contributed by atoms with Gasteiger partial charge in [-0.2, -0.15) is 0 Å². The van der Waals surface area contributed by atoms with Gasteiger partial charge in [0.15, 0.2) is 0 Å². The number of hydrogen-bond acceptors (Lipinski definition) is 4. The number of carbonyl (C=O) groups excluding carboxylic acids is 1. The Kier molecular flexibility index (Phi) is 5.64. The van der Waals surface area contributed by atoms with E-state index in [0.29, 0.717) is 18.7 Å². The molecule has 2 aliphatic carbocycles. The molecule has 19 heavy (non-hydrogen) atoms. The van der Waals surface area contributed by atoms with E-state index in [4.69, 9.17) is 4.74 Å². The highest BCUT2D eigenvalue weighted by molar-refractivity contribution is 5.72. The zero-order valence-electron chi connectivity index (χ0n) is 11.9. The van der Waals surface area contributed by atoms with Gasteiger partial charge in [0.25, 0.3) is 0 Å². The largest absolute Gasteiger partial charge is 0.466 e. The molecule has 2 aliphatic rings. The summed E-state index contributed by atoms with van der Waals surface area (Å²) in [6.07, 6.45) is 7.99. The maximum atomic E-state index is 11.8. The fraction of sp³-hybridized carbons (Fsp3) is 0.933. The van der Waals surface area contributed by atoms with Crippen LogP contribution in [0.2, 0.25) is 0 Å². The zero-order chi connectivity index (χ0) is 13.7. The summed E-state index contributed by atoms with van der Waals surface area (Å²) in [5.74, 6) is 0.0634. The van der Waals surface area contributed by atoms with Crippen molar-refractivity contribution in [2.45, 2.75) is 76.5 Å². The van der Waals surface area contributed by atoms with E-state index in [1.165, 1.54) is 0 Å². The lowest BCUT2D eigenvalue weighted by Gasteiger charge is -2.34. The molecule has 0 aliphatic heterocycles. The van der Waals surface area contributed by atoms with Crippen LogP contribution in [0.15, 0.2) is 0 Å². The van der Waals surface area contributed by atoms with Gasteiger partial charge in [-0.25, -0.2) is 0 Å². The number of carbonyl (C=O) groups is 1. The van der Waals surface area contributed by atoms with Crippen LogP contribution in [0.25, 0.3) is 0 Å². The molecule has 0 amide bonds. The second-order valence-corrected chi connectivity index (χ2v) is 5.98. The van der Waals surface area contributed by atoms with Crippen molar-refractivity contribution in [3.05, 3.63) is 0 Å². The number of aliphatic hydroxyl groups excluding tert-OH is 1. The molecular weight excluding hydrogens is 242 g/mol. The number of aliphatic hydroxyl groups is 1. The molecule has 110 valence electrons. The van der Waals surface area contributed by atoms with Crippen LogP contribution in [0.5, 0.6) is 0 Å². The summed E-state index contributed by atoms with van der Waals surface area (Å²) in [6.45, 7) is 2.34. The van der Waals surface area contributed by atoms with Gasteiger partial charge in [-0.3, -0.25) is 4.79 Å². The average Bonchev–Trinajstić information content (AvgIpc) is 2.42. The maximum Gasteiger partial charge on any atom is 0.308 e. The third-order valence-electron chi connectivity index (χ3n) is 4.46. The summed E-state index contributed by atoms with van der Waals surface area (Å²) >= 11 is 0. The van der Waals surface area contributed by atoms with E-state index in [1.807, 2.05) is 6.92 Å². The molecular formula is C15H27NO3. The van der Waals surface area contributed by atoms with E-state index in [0.717, 1.165) is 51.4 Å². The summed E-state index contributed by atoms with van der Waals surface area (Å²) < 4.78 is 5.13. The van der Waals surface area contributed by atoms with Crippen LogP contribution in [0.1, 0.15) is 58.3 Å². The first-order valence-electron chi connectivity index (χ1n) is 7.79. The Morgan fingerprint density at radius 1 is 1.16 bits per heavy atom. The van der Waals surface area contributed by atoms with Crippen molar-refractivity contribution in [3.8, 4) is 0 Å². The molecule has 0 aromatic heterocycles. The van der Waals surface area contributed by atoms with Crippen LogP contribution < -0.4 is 5.32 Å². The summed E-state index contributed by atoms with van der Waals surface area (Å²) in [7, 11) is 0. The molecule has 2 fully saturated rings. The van der Waals surface area contributed by atoms with Gasteiger partial charge >= 0.3 is 5.97 Å². The van der Waals surface area contributed by atoms with Crippen LogP contribution in [-0.2, 0) is 9.53 Å². The van der Waals surface area contributed by atoms with Crippen molar-refractivity contribution >= 4 is 5.97 Å². The van der Waals surface area contributed by atoms with Gasteiger partial charge in [-0.15, -0.1) is 0 Å². The second kappa shape index (κ2) is 7.25. The van der Waals surface area contributed by atoms with Gasteiger partial charge < -0.3 is 15.2 Å². The standard InChI is InChI=1S/C15H27NO3/c1-2-19-15(18)11-4-3-5-13(10-11)16-12-6-8-14(17)9-7-12/h11-14,16-17H,2-10H2,1H3. The molecule has 2 N–H and O–H groups in total. The lowest BCUT2D eigenvalue weighted by atomic mass is 9.84. The first kappa shape index (κ1) is 14.8. The van der Waals surface area contributed by atoms with Crippen LogP contribution in [0.4, 0.5) is 0 Å². The molecule has 2 atom stereocenters. The third kappa shape index (κ3) is 4.46.